The van der Waals surface area contributed by atoms with Crippen LogP contribution >= 0.6 is 11.3 Å². The number of hydrogen-bond acceptors (Lipinski definition) is 5. The van der Waals surface area contributed by atoms with E-state index in [-0.39, 0.29) is 15.5 Å². The molecule has 8 nitrogen and oxygen atoms in total. The Kier molecular flexibility index (Phi) is 5.64. The summed E-state index contributed by atoms with van der Waals surface area (Å²) in [5, 5.41) is 4.33. The number of imide groups is 1. The van der Waals surface area contributed by atoms with Crippen LogP contribution < -0.4 is 16.4 Å². The van der Waals surface area contributed by atoms with Gasteiger partial charge in [0.15, 0.2) is 0 Å². The van der Waals surface area contributed by atoms with Gasteiger partial charge in [-0.3, -0.25) is 19.3 Å². The number of aryl methyl sites for hydroxylation is 1. The predicted molar refractivity (Wildman–Crippen MR) is 113 cm³/mol. The maximum atomic E-state index is 14.0. The lowest BCUT2D eigenvalue weighted by atomic mass is 9.89. The van der Waals surface area contributed by atoms with Crippen molar-refractivity contribution < 1.29 is 32.3 Å². The molecule has 1 aliphatic heterocycles. The normalized spacial score (nSPS) is 20.4. The fourth-order valence-corrected chi connectivity index (χ4v) is 5.49. The van der Waals surface area contributed by atoms with E-state index in [2.05, 4.69) is 5.32 Å². The quantitative estimate of drug-likeness (QED) is 0.570. The number of benzene rings is 1. The molecule has 2 aliphatic rings. The maximum absolute atomic E-state index is 14.0. The summed E-state index contributed by atoms with van der Waals surface area (Å²) in [7, 11) is 0. The number of thiophene rings is 1. The molecule has 0 bridgehead atoms. The van der Waals surface area contributed by atoms with Crippen LogP contribution in [0.3, 0.4) is 0 Å². The Morgan fingerprint density at radius 3 is 2.45 bits per heavy atom. The van der Waals surface area contributed by atoms with Crippen molar-refractivity contribution in [2.45, 2.75) is 37.4 Å². The number of carbonyl (C=O) groups is 4. The fourth-order valence-electron chi connectivity index (χ4n) is 4.18. The number of amides is 5. The number of nitrogens with one attached hydrogen (secondary N) is 2. The van der Waals surface area contributed by atoms with Gasteiger partial charge in [0.25, 0.3) is 11.8 Å². The molecule has 0 saturated carbocycles. The van der Waals surface area contributed by atoms with Crippen molar-refractivity contribution in [3.8, 4) is 0 Å². The molecule has 5 amide bonds. The molecule has 33 heavy (non-hydrogen) atoms. The van der Waals surface area contributed by atoms with Crippen LogP contribution in [0, 0.1) is 0 Å². The Morgan fingerprint density at radius 1 is 1.15 bits per heavy atom. The van der Waals surface area contributed by atoms with E-state index in [4.69, 9.17) is 5.73 Å². The number of fused-ring (bicyclic) bond motifs is 1. The monoisotopic (exact) mass is 480 g/mol. The molecule has 4 N–H and O–H groups in total. The Hall–Kier alpha value is -3.41. The van der Waals surface area contributed by atoms with Crippen molar-refractivity contribution in [1.29, 1.82) is 0 Å². The third-order valence-corrected chi connectivity index (χ3v) is 6.92. The predicted octanol–water partition coefficient (Wildman–Crippen LogP) is 2.67. The highest BCUT2D eigenvalue weighted by molar-refractivity contribution is 7.17. The van der Waals surface area contributed by atoms with Crippen molar-refractivity contribution in [3.63, 3.8) is 0 Å². The van der Waals surface area contributed by atoms with Crippen LogP contribution in [-0.2, 0) is 28.0 Å². The number of halogens is 3. The molecule has 1 aromatic heterocycles. The molecule has 1 atom stereocenters. The zero-order valence-corrected chi connectivity index (χ0v) is 17.9. The number of rotatable bonds is 5. The second kappa shape index (κ2) is 8.18. The molecule has 1 aliphatic carbocycles. The van der Waals surface area contributed by atoms with Crippen LogP contribution in [0.5, 0.6) is 0 Å². The molecule has 1 fully saturated rings. The molecular weight excluding hydrogens is 461 g/mol. The van der Waals surface area contributed by atoms with E-state index in [1.54, 1.807) is 5.32 Å². The first kappa shape index (κ1) is 22.8. The van der Waals surface area contributed by atoms with Crippen molar-refractivity contribution in [1.82, 2.24) is 10.2 Å². The van der Waals surface area contributed by atoms with Gasteiger partial charge >= 0.3 is 12.2 Å². The molecule has 0 spiro atoms. The van der Waals surface area contributed by atoms with Crippen molar-refractivity contribution >= 4 is 40.1 Å². The van der Waals surface area contributed by atoms with Gasteiger partial charge in [-0.1, -0.05) is 30.3 Å². The lowest BCUT2D eigenvalue weighted by Crippen LogP contribution is -2.55. The van der Waals surface area contributed by atoms with Crippen molar-refractivity contribution in [3.05, 3.63) is 51.9 Å². The summed E-state index contributed by atoms with van der Waals surface area (Å²) in [4.78, 5) is 51.0. The van der Waals surface area contributed by atoms with Gasteiger partial charge < -0.3 is 16.4 Å². The second-order valence-electron chi connectivity index (χ2n) is 7.76. The lowest BCUT2D eigenvalue weighted by Gasteiger charge is -2.29. The minimum Gasteiger partial charge on any atom is -0.365 e. The highest BCUT2D eigenvalue weighted by atomic mass is 32.1. The zero-order chi connectivity index (χ0) is 24.0. The van der Waals surface area contributed by atoms with Crippen LogP contribution in [-0.4, -0.2) is 41.4 Å². The summed E-state index contributed by atoms with van der Waals surface area (Å²) in [6.45, 7) is -0.962. The molecule has 2 aromatic rings. The van der Waals surface area contributed by atoms with Crippen molar-refractivity contribution in [2.75, 3.05) is 11.9 Å². The molecular formula is C21H19F3N4O4S. The summed E-state index contributed by atoms with van der Waals surface area (Å²) in [5.41, 5.74) is 2.62. The highest BCUT2D eigenvalue weighted by Crippen LogP contribution is 2.43. The number of carbonyl (C=O) groups excluding carboxylic acids is 4. The van der Waals surface area contributed by atoms with E-state index in [0.717, 1.165) is 46.8 Å². The first-order valence-electron chi connectivity index (χ1n) is 10.1. The fraction of sp³-hybridized carbons (Fsp3) is 0.333. The Bertz CT molecular complexity index is 1150. The van der Waals surface area contributed by atoms with Crippen LogP contribution in [0.4, 0.5) is 23.0 Å². The van der Waals surface area contributed by atoms with E-state index in [1.165, 1.54) is 18.2 Å². The van der Waals surface area contributed by atoms with Gasteiger partial charge in [-0.25, -0.2) is 4.79 Å². The zero-order valence-electron chi connectivity index (χ0n) is 17.1. The topological polar surface area (TPSA) is 122 Å². The first-order chi connectivity index (χ1) is 15.6. The third kappa shape index (κ3) is 3.73. The number of hydrogen-bond donors (Lipinski definition) is 3. The second-order valence-corrected chi connectivity index (χ2v) is 8.87. The molecule has 1 unspecified atom stereocenters. The SMILES string of the molecule is NC(=O)c1c(NC(=O)CN2C(=O)NC(c3ccccc3)(C(F)(F)F)C2=O)sc2c1CCCC2. The molecule has 1 saturated heterocycles. The van der Waals surface area contributed by atoms with E-state index in [1.807, 2.05) is 0 Å². The van der Waals surface area contributed by atoms with Crippen molar-refractivity contribution in [2.24, 2.45) is 5.73 Å². The summed E-state index contributed by atoms with van der Waals surface area (Å²) >= 11 is 1.16. The molecule has 4 rings (SSSR count). The Balaban J connectivity index is 1.60. The van der Waals surface area contributed by atoms with Gasteiger partial charge in [0.1, 0.15) is 11.5 Å². The van der Waals surface area contributed by atoms with Gasteiger partial charge in [-0.2, -0.15) is 13.2 Å². The minimum absolute atomic E-state index is 0.161. The summed E-state index contributed by atoms with van der Waals surface area (Å²) in [5.74, 6) is -3.27. The van der Waals surface area contributed by atoms with Crippen LogP contribution in [0.1, 0.15) is 39.2 Å². The molecule has 12 heteroatoms. The van der Waals surface area contributed by atoms with Gasteiger partial charge in [0.05, 0.1) is 5.56 Å². The molecule has 174 valence electrons. The minimum atomic E-state index is -5.15. The van der Waals surface area contributed by atoms with E-state index >= 15 is 0 Å². The third-order valence-electron chi connectivity index (χ3n) is 5.71. The van der Waals surface area contributed by atoms with Crippen LogP contribution in [0.2, 0.25) is 0 Å². The van der Waals surface area contributed by atoms with Gasteiger partial charge in [0.2, 0.25) is 11.4 Å². The van der Waals surface area contributed by atoms with Gasteiger partial charge in [-0.05, 0) is 36.8 Å². The average molecular weight is 480 g/mol. The van der Waals surface area contributed by atoms with Gasteiger partial charge in [-0.15, -0.1) is 11.3 Å². The molecule has 2 heterocycles. The number of nitrogens with two attached hydrogens (primary N) is 1. The number of urea groups is 1. The molecule has 1 aromatic carbocycles. The molecule has 0 radical (unpaired) electrons. The lowest BCUT2D eigenvalue weighted by molar-refractivity contribution is -0.198. The Morgan fingerprint density at radius 2 is 1.82 bits per heavy atom. The standard InChI is InChI=1S/C21H19F3N4O4S/c22-21(23,24)20(11-6-2-1-3-7-11)18(31)28(19(32)27-20)10-14(29)26-17-15(16(25)30)12-8-4-5-9-13(12)33-17/h1-3,6-7H,4-5,8-10H2,(H2,25,30)(H,26,29)(H,27,32). The Labute approximate surface area is 189 Å². The van der Waals surface area contributed by atoms with E-state index in [0.29, 0.717) is 12.8 Å². The largest absolute Gasteiger partial charge is 0.425 e. The van der Waals surface area contributed by atoms with E-state index in [9.17, 15) is 32.3 Å². The smallest absolute Gasteiger partial charge is 0.365 e. The number of primary amides is 1. The maximum Gasteiger partial charge on any atom is 0.425 e. The van der Waals surface area contributed by atoms with Crippen LogP contribution in [0.15, 0.2) is 30.3 Å². The summed E-state index contributed by atoms with van der Waals surface area (Å²) in [6, 6.07) is 4.88. The first-order valence-corrected chi connectivity index (χ1v) is 10.9. The summed E-state index contributed by atoms with van der Waals surface area (Å²) in [6.07, 6.45) is -2.04. The average Bonchev–Trinajstić information content (AvgIpc) is 3.24. The highest BCUT2D eigenvalue weighted by Gasteiger charge is 2.68. The van der Waals surface area contributed by atoms with E-state index < -0.39 is 47.6 Å². The van der Waals surface area contributed by atoms with Gasteiger partial charge in [0, 0.05) is 4.88 Å². The summed E-state index contributed by atoms with van der Waals surface area (Å²) < 4.78 is 42.1. The van der Waals surface area contributed by atoms with Crippen LogP contribution in [0.25, 0.3) is 0 Å². The number of anilines is 1. The number of alkyl halides is 3. The number of nitrogens with zero attached hydrogens (tertiary/aromatic N) is 1.